The van der Waals surface area contributed by atoms with Crippen LogP contribution in [0.2, 0.25) is 0 Å². The van der Waals surface area contributed by atoms with Gasteiger partial charge in [0.05, 0.1) is 12.4 Å². The molecule has 0 aliphatic carbocycles. The van der Waals surface area contributed by atoms with Crippen molar-refractivity contribution < 1.29 is 9.53 Å². The van der Waals surface area contributed by atoms with Gasteiger partial charge in [-0.1, -0.05) is 53.7 Å². The number of aliphatic imine (C=N–C) groups is 1. The Labute approximate surface area is 183 Å². The zero-order valence-corrected chi connectivity index (χ0v) is 18.7. The number of amidine groups is 1. The number of ether oxygens (including phenoxy) is 1. The molecule has 2 aromatic carbocycles. The summed E-state index contributed by atoms with van der Waals surface area (Å²) in [6.07, 6.45) is 1.62. The maximum absolute atomic E-state index is 12.4. The van der Waals surface area contributed by atoms with Crippen LogP contribution in [0.25, 0.3) is 11.1 Å². The molecule has 2 aliphatic heterocycles. The highest BCUT2D eigenvalue weighted by atomic mass is 32.2. The summed E-state index contributed by atoms with van der Waals surface area (Å²) in [6, 6.07) is 14.8. The molecule has 158 valence electrons. The molecule has 0 spiro atoms. The fourth-order valence-corrected chi connectivity index (χ4v) is 4.97. The lowest BCUT2D eigenvalue weighted by Gasteiger charge is -2.33. The average molecular weight is 424 g/mol. The van der Waals surface area contributed by atoms with E-state index in [9.17, 15) is 4.79 Å². The smallest absolute Gasteiger partial charge is 0.261 e. The number of nitrogens with zero attached hydrogens (tertiary/aromatic N) is 3. The van der Waals surface area contributed by atoms with E-state index in [4.69, 9.17) is 4.74 Å². The van der Waals surface area contributed by atoms with Crippen LogP contribution < -0.4 is 4.74 Å². The summed E-state index contributed by atoms with van der Waals surface area (Å²) in [5.41, 5.74) is 4.67. The highest BCUT2D eigenvalue weighted by Gasteiger charge is 2.32. The molecule has 30 heavy (non-hydrogen) atoms. The molecule has 2 aromatic rings. The molecule has 0 aromatic heterocycles. The van der Waals surface area contributed by atoms with Crippen LogP contribution in [0.5, 0.6) is 5.75 Å². The number of benzene rings is 2. The van der Waals surface area contributed by atoms with Gasteiger partial charge in [0.15, 0.2) is 5.17 Å². The van der Waals surface area contributed by atoms with Crippen molar-refractivity contribution in [2.24, 2.45) is 4.99 Å². The molecule has 4 rings (SSSR count). The van der Waals surface area contributed by atoms with Crippen molar-refractivity contribution in [3.63, 3.8) is 0 Å². The van der Waals surface area contributed by atoms with E-state index >= 15 is 0 Å². The number of thioether (sulfide) groups is 1. The van der Waals surface area contributed by atoms with Gasteiger partial charge < -0.3 is 14.5 Å². The minimum absolute atomic E-state index is 0.0113. The number of amides is 1. The van der Waals surface area contributed by atoms with Gasteiger partial charge >= 0.3 is 0 Å². The van der Waals surface area contributed by atoms with Gasteiger partial charge in [0.1, 0.15) is 5.75 Å². The van der Waals surface area contributed by atoms with Gasteiger partial charge in [-0.15, -0.1) is 0 Å². The summed E-state index contributed by atoms with van der Waals surface area (Å²) in [6.45, 7) is 6.02. The first kappa shape index (κ1) is 20.9. The number of piperazine rings is 1. The second-order valence-corrected chi connectivity index (χ2v) is 9.24. The topological polar surface area (TPSA) is 45.1 Å². The summed E-state index contributed by atoms with van der Waals surface area (Å²) >= 11 is 1.63. The minimum Gasteiger partial charge on any atom is -0.496 e. The van der Waals surface area contributed by atoms with E-state index in [1.165, 1.54) is 11.1 Å². The summed E-state index contributed by atoms with van der Waals surface area (Å²) in [4.78, 5) is 21.3. The lowest BCUT2D eigenvalue weighted by molar-refractivity contribution is -0.117. The van der Waals surface area contributed by atoms with Crippen molar-refractivity contribution >= 4 is 22.8 Å². The lowest BCUT2D eigenvalue weighted by atomic mass is 9.99. The molecule has 1 saturated heterocycles. The standard InChI is InChI=1S/C24H29N3O2S/c1-17-4-8-19(9-5-17)20-10-6-18(16-21(20)29-3)7-11-22-23(28)25-24(30-22)27-14-12-26(2)13-15-27/h4-6,8-10,16,22H,7,11-15H2,1-3H3. The minimum atomic E-state index is -0.0811. The van der Waals surface area contributed by atoms with Gasteiger partial charge in [-0.2, -0.15) is 4.99 Å². The summed E-state index contributed by atoms with van der Waals surface area (Å²) in [7, 11) is 3.84. The fourth-order valence-electron chi connectivity index (χ4n) is 3.86. The largest absolute Gasteiger partial charge is 0.496 e. The van der Waals surface area contributed by atoms with Gasteiger partial charge in [-0.05, 0) is 44.0 Å². The van der Waals surface area contributed by atoms with Crippen molar-refractivity contribution in [1.29, 1.82) is 0 Å². The Morgan fingerprint density at radius 3 is 2.53 bits per heavy atom. The van der Waals surface area contributed by atoms with Gasteiger partial charge in [-0.25, -0.2) is 0 Å². The number of aryl methyl sites for hydroxylation is 2. The number of methoxy groups -OCH3 is 1. The number of carbonyl (C=O) groups excluding carboxylic acids is 1. The Morgan fingerprint density at radius 1 is 1.10 bits per heavy atom. The molecule has 5 nitrogen and oxygen atoms in total. The maximum Gasteiger partial charge on any atom is 0.261 e. The van der Waals surface area contributed by atoms with Crippen molar-refractivity contribution in [1.82, 2.24) is 9.80 Å². The highest BCUT2D eigenvalue weighted by Crippen LogP contribution is 2.33. The van der Waals surface area contributed by atoms with Crippen LogP contribution in [0, 0.1) is 6.92 Å². The Kier molecular flexibility index (Phi) is 6.44. The van der Waals surface area contributed by atoms with Gasteiger partial charge in [-0.3, -0.25) is 4.79 Å². The molecule has 2 aliphatic rings. The Hall–Kier alpha value is -2.31. The first-order chi connectivity index (χ1) is 14.5. The normalized spacial score (nSPS) is 19.8. The predicted molar refractivity (Wildman–Crippen MR) is 124 cm³/mol. The van der Waals surface area contributed by atoms with E-state index in [1.54, 1.807) is 18.9 Å². The SMILES string of the molecule is COc1cc(CCC2SC(N3CCN(C)CC3)=NC2=O)ccc1-c1ccc(C)cc1. The number of rotatable bonds is 5. The van der Waals surface area contributed by atoms with E-state index in [-0.39, 0.29) is 11.2 Å². The molecule has 6 heteroatoms. The molecule has 1 fully saturated rings. The molecule has 1 unspecified atom stereocenters. The van der Waals surface area contributed by atoms with E-state index in [2.05, 4.69) is 71.2 Å². The highest BCUT2D eigenvalue weighted by molar-refractivity contribution is 8.15. The zero-order chi connectivity index (χ0) is 21.1. The van der Waals surface area contributed by atoms with E-state index in [1.807, 2.05) is 0 Å². The van der Waals surface area contributed by atoms with Gasteiger partial charge in [0, 0.05) is 31.7 Å². The number of hydrogen-bond donors (Lipinski definition) is 0. The van der Waals surface area contributed by atoms with Crippen LogP contribution >= 0.6 is 11.8 Å². The molecule has 0 bridgehead atoms. The number of carbonyl (C=O) groups is 1. The summed E-state index contributed by atoms with van der Waals surface area (Å²) < 4.78 is 5.66. The van der Waals surface area contributed by atoms with Crippen molar-refractivity contribution in [2.45, 2.75) is 25.0 Å². The van der Waals surface area contributed by atoms with Crippen molar-refractivity contribution in [3.05, 3.63) is 53.6 Å². The first-order valence-corrected chi connectivity index (χ1v) is 11.4. The third kappa shape index (κ3) is 4.71. The van der Waals surface area contributed by atoms with Crippen LogP contribution in [0.15, 0.2) is 47.5 Å². The zero-order valence-electron chi connectivity index (χ0n) is 17.9. The molecule has 1 amide bonds. The average Bonchev–Trinajstić information content (AvgIpc) is 3.13. The maximum atomic E-state index is 12.4. The quantitative estimate of drug-likeness (QED) is 0.731. The van der Waals surface area contributed by atoms with Crippen molar-refractivity contribution in [3.8, 4) is 16.9 Å². The molecular formula is C24H29N3O2S. The molecule has 0 radical (unpaired) electrons. The monoisotopic (exact) mass is 423 g/mol. The Bertz CT molecular complexity index is 934. The van der Waals surface area contributed by atoms with E-state index in [0.717, 1.165) is 61.1 Å². The third-order valence-electron chi connectivity index (χ3n) is 5.83. The van der Waals surface area contributed by atoms with Crippen molar-refractivity contribution in [2.75, 3.05) is 40.3 Å². The van der Waals surface area contributed by atoms with Crippen LogP contribution in [-0.2, 0) is 11.2 Å². The fraction of sp³-hybridized carbons (Fsp3) is 0.417. The molecule has 0 saturated carbocycles. The molecule has 1 atom stereocenters. The Balaban J connectivity index is 1.38. The second kappa shape index (κ2) is 9.23. The molecule has 0 N–H and O–H groups in total. The van der Waals surface area contributed by atoms with Crippen LogP contribution in [-0.4, -0.2) is 66.5 Å². The van der Waals surface area contributed by atoms with E-state index in [0.29, 0.717) is 0 Å². The lowest BCUT2D eigenvalue weighted by Crippen LogP contribution is -2.46. The predicted octanol–water partition coefficient (Wildman–Crippen LogP) is 3.85. The first-order valence-electron chi connectivity index (χ1n) is 10.5. The summed E-state index contributed by atoms with van der Waals surface area (Å²) in [5.74, 6) is 0.883. The third-order valence-corrected chi connectivity index (χ3v) is 7.11. The van der Waals surface area contributed by atoms with Gasteiger partial charge in [0.25, 0.3) is 5.91 Å². The van der Waals surface area contributed by atoms with Crippen LogP contribution in [0.4, 0.5) is 0 Å². The Morgan fingerprint density at radius 2 is 1.83 bits per heavy atom. The number of likely N-dealkylation sites (N-methyl/N-ethyl adjacent to an activating group) is 1. The molecular weight excluding hydrogens is 394 g/mol. The van der Waals surface area contributed by atoms with Crippen LogP contribution in [0.1, 0.15) is 17.5 Å². The summed E-state index contributed by atoms with van der Waals surface area (Å²) in [5, 5.41) is 0.827. The van der Waals surface area contributed by atoms with E-state index < -0.39 is 0 Å². The van der Waals surface area contributed by atoms with Gasteiger partial charge in [0.2, 0.25) is 0 Å². The van der Waals surface area contributed by atoms with Crippen LogP contribution in [0.3, 0.4) is 0 Å². The number of hydrogen-bond acceptors (Lipinski definition) is 5. The second-order valence-electron chi connectivity index (χ2n) is 8.07. The molecule has 2 heterocycles.